The summed E-state index contributed by atoms with van der Waals surface area (Å²) < 4.78 is 0. The van der Waals surface area contributed by atoms with Crippen LogP contribution in [-0.4, -0.2) is 40.4 Å². The summed E-state index contributed by atoms with van der Waals surface area (Å²) in [6.07, 6.45) is 2.85. The van der Waals surface area contributed by atoms with E-state index >= 15 is 0 Å². The molecule has 0 aliphatic carbocycles. The van der Waals surface area contributed by atoms with E-state index in [1.807, 2.05) is 72.5 Å². The highest BCUT2D eigenvalue weighted by Crippen LogP contribution is 2.40. The van der Waals surface area contributed by atoms with E-state index in [-0.39, 0.29) is 23.3 Å². The predicted octanol–water partition coefficient (Wildman–Crippen LogP) is 3.91. The lowest BCUT2D eigenvalue weighted by atomic mass is 9.85. The molecule has 2 heterocycles. The normalized spacial score (nSPS) is 19.6. The number of nitrogens with zero attached hydrogens (tertiary/aromatic N) is 2. The maximum atomic E-state index is 13.0. The Bertz CT molecular complexity index is 845. The molecule has 5 heteroatoms. The topological polar surface area (TPSA) is 49.9 Å². The number of piperidine rings is 1. The summed E-state index contributed by atoms with van der Waals surface area (Å²) in [6.45, 7) is 3.68. The summed E-state index contributed by atoms with van der Waals surface area (Å²) in [7, 11) is 0. The van der Waals surface area contributed by atoms with E-state index in [9.17, 15) is 9.59 Å². The number of rotatable bonds is 5. The molecule has 0 N–H and O–H groups in total. The molecular formula is C24H28N2O3. The minimum atomic E-state index is -0.279. The lowest BCUT2D eigenvalue weighted by molar-refractivity contribution is -0.222. The largest absolute Gasteiger partial charge is 0.342 e. The van der Waals surface area contributed by atoms with Gasteiger partial charge in [-0.25, -0.2) is 5.06 Å². The predicted molar refractivity (Wildman–Crippen MR) is 111 cm³/mol. The van der Waals surface area contributed by atoms with Crippen LogP contribution in [0.15, 0.2) is 60.7 Å². The van der Waals surface area contributed by atoms with E-state index in [2.05, 4.69) is 0 Å². The second-order valence-electron chi connectivity index (χ2n) is 8.13. The van der Waals surface area contributed by atoms with Crippen molar-refractivity contribution in [1.29, 1.82) is 0 Å². The quantitative estimate of drug-likeness (QED) is 0.775. The van der Waals surface area contributed by atoms with Crippen molar-refractivity contribution >= 4 is 11.8 Å². The number of likely N-dealkylation sites (tertiary alicyclic amines) is 1. The molecule has 0 bridgehead atoms. The molecule has 29 heavy (non-hydrogen) atoms. The number of amides is 2. The molecule has 2 aromatic rings. The maximum absolute atomic E-state index is 13.0. The van der Waals surface area contributed by atoms with Crippen LogP contribution in [0, 0.1) is 0 Å². The Morgan fingerprint density at radius 3 is 2.28 bits per heavy atom. The van der Waals surface area contributed by atoms with Crippen molar-refractivity contribution < 1.29 is 14.4 Å². The summed E-state index contributed by atoms with van der Waals surface area (Å²) in [4.78, 5) is 33.4. The maximum Gasteiger partial charge on any atom is 0.246 e. The fourth-order valence-corrected chi connectivity index (χ4v) is 4.48. The van der Waals surface area contributed by atoms with Crippen LogP contribution in [-0.2, 0) is 21.0 Å². The zero-order valence-corrected chi connectivity index (χ0v) is 16.9. The van der Waals surface area contributed by atoms with Crippen LogP contribution in [0.3, 0.4) is 0 Å². The highest BCUT2D eigenvalue weighted by Gasteiger charge is 2.49. The molecule has 2 aliphatic rings. The highest BCUT2D eigenvalue weighted by molar-refractivity contribution is 5.83. The molecule has 0 saturated carbocycles. The van der Waals surface area contributed by atoms with Gasteiger partial charge in [0.25, 0.3) is 0 Å². The molecule has 1 unspecified atom stereocenters. The third kappa shape index (κ3) is 4.06. The SMILES string of the molecule is CC(C(=O)N1CCC2(CCC(=O)N2OCc2ccccc2)CC1)c1ccccc1. The van der Waals surface area contributed by atoms with Crippen LogP contribution in [0.4, 0.5) is 0 Å². The molecule has 2 aromatic carbocycles. The molecule has 152 valence electrons. The number of benzene rings is 2. The molecule has 2 amide bonds. The molecule has 1 atom stereocenters. The van der Waals surface area contributed by atoms with Gasteiger partial charge in [-0.05, 0) is 37.3 Å². The van der Waals surface area contributed by atoms with Gasteiger partial charge in [0.05, 0.1) is 11.5 Å². The molecule has 4 rings (SSSR count). The van der Waals surface area contributed by atoms with Crippen molar-refractivity contribution in [2.24, 2.45) is 0 Å². The van der Waals surface area contributed by atoms with Gasteiger partial charge in [0.15, 0.2) is 0 Å². The molecule has 2 aliphatic heterocycles. The number of carbonyl (C=O) groups is 2. The lowest BCUT2D eigenvalue weighted by Crippen LogP contribution is -2.54. The molecule has 2 fully saturated rings. The molecule has 2 saturated heterocycles. The Kier molecular flexibility index (Phi) is 5.67. The van der Waals surface area contributed by atoms with Crippen LogP contribution in [0.5, 0.6) is 0 Å². The summed E-state index contributed by atoms with van der Waals surface area (Å²) in [6, 6.07) is 19.8. The summed E-state index contributed by atoms with van der Waals surface area (Å²) >= 11 is 0. The van der Waals surface area contributed by atoms with Crippen molar-refractivity contribution in [3.8, 4) is 0 Å². The zero-order chi connectivity index (χ0) is 20.3. The lowest BCUT2D eigenvalue weighted by Gasteiger charge is -2.44. The van der Waals surface area contributed by atoms with Gasteiger partial charge in [-0.1, -0.05) is 60.7 Å². The number of hydrogen-bond donors (Lipinski definition) is 0. The van der Waals surface area contributed by atoms with Crippen LogP contribution in [0.25, 0.3) is 0 Å². The van der Waals surface area contributed by atoms with Crippen molar-refractivity contribution in [3.63, 3.8) is 0 Å². The van der Waals surface area contributed by atoms with Crippen LogP contribution in [0.1, 0.15) is 49.7 Å². The standard InChI is InChI=1S/C24H28N2O3/c1-19(21-10-6-3-7-11-21)23(28)25-16-14-24(15-17-25)13-12-22(27)26(24)29-18-20-8-4-2-5-9-20/h2-11,19H,12-18H2,1H3. The van der Waals surface area contributed by atoms with Gasteiger partial charge in [-0.15, -0.1) is 0 Å². The first-order valence-electron chi connectivity index (χ1n) is 10.4. The number of hydrogen-bond acceptors (Lipinski definition) is 3. The van der Waals surface area contributed by atoms with Crippen molar-refractivity contribution in [2.45, 2.75) is 50.7 Å². The summed E-state index contributed by atoms with van der Waals surface area (Å²) in [5.41, 5.74) is 1.81. The van der Waals surface area contributed by atoms with E-state index in [1.165, 1.54) is 0 Å². The average Bonchev–Trinajstić information content (AvgIpc) is 3.08. The fraction of sp³-hybridized carbons (Fsp3) is 0.417. The monoisotopic (exact) mass is 392 g/mol. The van der Waals surface area contributed by atoms with E-state index in [0.29, 0.717) is 26.1 Å². The Morgan fingerprint density at radius 1 is 1.00 bits per heavy atom. The van der Waals surface area contributed by atoms with Crippen LogP contribution >= 0.6 is 0 Å². The first-order valence-corrected chi connectivity index (χ1v) is 10.4. The number of hydroxylamine groups is 2. The molecular weight excluding hydrogens is 364 g/mol. The Hall–Kier alpha value is -2.66. The smallest absolute Gasteiger partial charge is 0.246 e. The molecule has 5 nitrogen and oxygen atoms in total. The Morgan fingerprint density at radius 2 is 1.62 bits per heavy atom. The second-order valence-corrected chi connectivity index (χ2v) is 8.13. The highest BCUT2D eigenvalue weighted by atomic mass is 16.7. The van der Waals surface area contributed by atoms with Gasteiger partial charge in [0.1, 0.15) is 6.61 Å². The second kappa shape index (κ2) is 8.37. The van der Waals surface area contributed by atoms with Gasteiger partial charge < -0.3 is 4.90 Å². The Labute approximate surface area is 172 Å². The van der Waals surface area contributed by atoms with E-state index in [1.54, 1.807) is 5.06 Å². The van der Waals surface area contributed by atoms with Crippen molar-refractivity contribution in [2.75, 3.05) is 13.1 Å². The zero-order valence-electron chi connectivity index (χ0n) is 16.9. The van der Waals surface area contributed by atoms with Gasteiger partial charge in [-0.3, -0.25) is 14.4 Å². The third-order valence-electron chi connectivity index (χ3n) is 6.34. The Balaban J connectivity index is 1.39. The third-order valence-corrected chi connectivity index (χ3v) is 6.34. The summed E-state index contributed by atoms with van der Waals surface area (Å²) in [5, 5.41) is 1.63. The van der Waals surface area contributed by atoms with E-state index in [4.69, 9.17) is 4.84 Å². The summed E-state index contributed by atoms with van der Waals surface area (Å²) in [5.74, 6) is 0.0615. The minimum absolute atomic E-state index is 0.0540. The first-order chi connectivity index (χ1) is 14.1. The molecule has 0 radical (unpaired) electrons. The van der Waals surface area contributed by atoms with Gasteiger partial charge in [0.2, 0.25) is 11.8 Å². The molecule has 1 spiro atoms. The van der Waals surface area contributed by atoms with Crippen LogP contribution in [0.2, 0.25) is 0 Å². The van der Waals surface area contributed by atoms with E-state index in [0.717, 1.165) is 30.4 Å². The number of carbonyl (C=O) groups excluding carboxylic acids is 2. The average molecular weight is 392 g/mol. The molecule has 0 aromatic heterocycles. The fourth-order valence-electron chi connectivity index (χ4n) is 4.48. The van der Waals surface area contributed by atoms with Gasteiger partial charge in [0, 0.05) is 19.5 Å². The van der Waals surface area contributed by atoms with Crippen molar-refractivity contribution in [1.82, 2.24) is 9.96 Å². The van der Waals surface area contributed by atoms with Gasteiger partial charge in [-0.2, -0.15) is 0 Å². The van der Waals surface area contributed by atoms with Crippen LogP contribution < -0.4 is 0 Å². The van der Waals surface area contributed by atoms with E-state index < -0.39 is 0 Å². The van der Waals surface area contributed by atoms with Crippen molar-refractivity contribution in [3.05, 3.63) is 71.8 Å². The minimum Gasteiger partial charge on any atom is -0.342 e. The first kappa shape index (κ1) is 19.6. The van der Waals surface area contributed by atoms with Gasteiger partial charge >= 0.3 is 0 Å².